The minimum Gasteiger partial charge on any atom is -0.355 e. The van der Waals surface area contributed by atoms with E-state index in [0.29, 0.717) is 18.7 Å². The average Bonchev–Trinajstić information content (AvgIpc) is 3.03. The molecule has 0 fully saturated rings. The Morgan fingerprint density at radius 1 is 1.09 bits per heavy atom. The monoisotopic (exact) mass is 334 g/mol. The van der Waals surface area contributed by atoms with Crippen molar-refractivity contribution < 1.29 is 9.59 Å². The van der Waals surface area contributed by atoms with Crippen LogP contribution in [0.1, 0.15) is 22.2 Å². The third kappa shape index (κ3) is 5.20. The quantitative estimate of drug-likeness (QED) is 0.605. The predicted octanol–water partition coefficient (Wildman–Crippen LogP) is 2.91. The third-order valence-corrected chi connectivity index (χ3v) is 5.05. The summed E-state index contributed by atoms with van der Waals surface area (Å²) in [5.74, 6) is 0.647. The van der Waals surface area contributed by atoms with Crippen molar-refractivity contribution in [1.82, 2.24) is 10.6 Å². The third-order valence-electron chi connectivity index (χ3n) is 2.87. The zero-order valence-corrected chi connectivity index (χ0v) is 13.9. The SMILES string of the molecule is CC(=O)NCCNC(=O)c1ccccc1SCc1cccs1. The highest BCUT2D eigenvalue weighted by molar-refractivity contribution is 7.98. The molecule has 22 heavy (non-hydrogen) atoms. The van der Waals surface area contributed by atoms with Gasteiger partial charge >= 0.3 is 0 Å². The lowest BCUT2D eigenvalue weighted by molar-refractivity contribution is -0.118. The van der Waals surface area contributed by atoms with E-state index in [2.05, 4.69) is 22.1 Å². The molecule has 0 aliphatic rings. The van der Waals surface area contributed by atoms with Crippen LogP contribution in [-0.4, -0.2) is 24.9 Å². The van der Waals surface area contributed by atoms with E-state index in [-0.39, 0.29) is 11.8 Å². The van der Waals surface area contributed by atoms with Gasteiger partial charge in [-0.25, -0.2) is 0 Å². The first-order valence-electron chi connectivity index (χ1n) is 6.93. The van der Waals surface area contributed by atoms with Crippen molar-refractivity contribution in [3.8, 4) is 0 Å². The predicted molar refractivity (Wildman–Crippen MR) is 91.3 cm³/mol. The minimum absolute atomic E-state index is 0.0962. The number of rotatable bonds is 7. The molecule has 1 aromatic carbocycles. The molecule has 2 N–H and O–H groups in total. The standard InChI is InChI=1S/C16H18N2O2S2/c1-12(19)17-8-9-18-16(20)14-6-2-3-7-15(14)22-11-13-5-4-10-21-13/h2-7,10H,8-9,11H2,1H3,(H,17,19)(H,18,20). The summed E-state index contributed by atoms with van der Waals surface area (Å²) in [5, 5.41) is 7.53. The first kappa shape index (κ1) is 16.6. The number of amides is 2. The Kier molecular flexibility index (Phi) is 6.48. The molecule has 0 bridgehead atoms. The Labute approximate surface area is 138 Å². The van der Waals surface area contributed by atoms with Crippen molar-refractivity contribution in [2.75, 3.05) is 13.1 Å². The van der Waals surface area contributed by atoms with E-state index in [0.717, 1.165) is 10.6 Å². The Hall–Kier alpha value is -1.79. The molecule has 0 atom stereocenters. The summed E-state index contributed by atoms with van der Waals surface area (Å²) in [6, 6.07) is 11.7. The highest BCUT2D eigenvalue weighted by atomic mass is 32.2. The highest BCUT2D eigenvalue weighted by Crippen LogP contribution is 2.27. The molecule has 2 rings (SSSR count). The number of carbonyl (C=O) groups is 2. The van der Waals surface area contributed by atoms with Gasteiger partial charge in [0.2, 0.25) is 5.91 Å². The van der Waals surface area contributed by atoms with Crippen LogP contribution in [0, 0.1) is 0 Å². The number of benzene rings is 1. The molecule has 4 nitrogen and oxygen atoms in total. The second-order valence-electron chi connectivity index (χ2n) is 4.60. The summed E-state index contributed by atoms with van der Waals surface area (Å²) < 4.78 is 0. The van der Waals surface area contributed by atoms with Gasteiger partial charge in [-0.1, -0.05) is 18.2 Å². The largest absolute Gasteiger partial charge is 0.355 e. The maximum Gasteiger partial charge on any atom is 0.252 e. The molecule has 1 heterocycles. The zero-order valence-electron chi connectivity index (χ0n) is 12.3. The van der Waals surface area contributed by atoms with E-state index in [9.17, 15) is 9.59 Å². The lowest BCUT2D eigenvalue weighted by Crippen LogP contribution is -2.33. The van der Waals surface area contributed by atoms with Gasteiger partial charge in [0.05, 0.1) is 5.56 Å². The van der Waals surface area contributed by atoms with Gasteiger partial charge < -0.3 is 10.6 Å². The summed E-state index contributed by atoms with van der Waals surface area (Å²) in [6.07, 6.45) is 0. The summed E-state index contributed by atoms with van der Waals surface area (Å²) in [6.45, 7) is 2.31. The van der Waals surface area contributed by atoms with Crippen molar-refractivity contribution in [2.24, 2.45) is 0 Å². The van der Waals surface area contributed by atoms with Gasteiger partial charge in [-0.2, -0.15) is 0 Å². The van der Waals surface area contributed by atoms with Gasteiger partial charge in [0.1, 0.15) is 0 Å². The molecule has 2 amide bonds. The molecule has 1 aromatic heterocycles. The van der Waals surface area contributed by atoms with Crippen LogP contribution in [0.5, 0.6) is 0 Å². The van der Waals surface area contributed by atoms with E-state index in [1.807, 2.05) is 30.3 Å². The van der Waals surface area contributed by atoms with Crippen LogP contribution >= 0.6 is 23.1 Å². The molecule has 6 heteroatoms. The van der Waals surface area contributed by atoms with Gasteiger partial charge in [-0.3, -0.25) is 9.59 Å². The minimum atomic E-state index is -0.111. The Balaban J connectivity index is 1.92. The fourth-order valence-electron chi connectivity index (χ4n) is 1.83. The smallest absolute Gasteiger partial charge is 0.252 e. The Morgan fingerprint density at radius 2 is 1.86 bits per heavy atom. The van der Waals surface area contributed by atoms with Gasteiger partial charge in [-0.15, -0.1) is 23.1 Å². The van der Waals surface area contributed by atoms with Crippen LogP contribution in [0.15, 0.2) is 46.7 Å². The van der Waals surface area contributed by atoms with Crippen LogP contribution in [0.3, 0.4) is 0 Å². The second-order valence-corrected chi connectivity index (χ2v) is 6.65. The molecular weight excluding hydrogens is 316 g/mol. The number of carbonyl (C=O) groups excluding carboxylic acids is 2. The molecule has 0 saturated carbocycles. The second kappa shape index (κ2) is 8.60. The van der Waals surface area contributed by atoms with E-state index in [1.54, 1.807) is 23.1 Å². The van der Waals surface area contributed by atoms with Crippen molar-refractivity contribution in [1.29, 1.82) is 0 Å². The lowest BCUT2D eigenvalue weighted by Gasteiger charge is -2.09. The lowest BCUT2D eigenvalue weighted by atomic mass is 10.2. The van der Waals surface area contributed by atoms with Crippen LogP contribution in [-0.2, 0) is 10.5 Å². The number of hydrogen-bond donors (Lipinski definition) is 2. The molecule has 0 spiro atoms. The molecule has 0 saturated heterocycles. The van der Waals surface area contributed by atoms with E-state index < -0.39 is 0 Å². The fourth-order valence-corrected chi connectivity index (χ4v) is 3.66. The summed E-state index contributed by atoms with van der Waals surface area (Å²) in [7, 11) is 0. The highest BCUT2D eigenvalue weighted by Gasteiger charge is 2.11. The molecular formula is C16H18N2O2S2. The maximum atomic E-state index is 12.2. The van der Waals surface area contributed by atoms with Crippen molar-refractivity contribution in [3.63, 3.8) is 0 Å². The fraction of sp³-hybridized carbons (Fsp3) is 0.250. The molecule has 2 aromatic rings. The van der Waals surface area contributed by atoms with E-state index >= 15 is 0 Å². The van der Waals surface area contributed by atoms with Crippen molar-refractivity contribution in [3.05, 3.63) is 52.2 Å². The Morgan fingerprint density at radius 3 is 2.59 bits per heavy atom. The van der Waals surface area contributed by atoms with E-state index in [1.165, 1.54) is 11.8 Å². The number of hydrogen-bond acceptors (Lipinski definition) is 4. The van der Waals surface area contributed by atoms with Gasteiger partial charge in [0, 0.05) is 35.5 Å². The summed E-state index contributed by atoms with van der Waals surface area (Å²) in [4.78, 5) is 25.3. The number of thiophene rings is 1. The van der Waals surface area contributed by atoms with Gasteiger partial charge in [0.25, 0.3) is 5.91 Å². The molecule has 0 aliphatic carbocycles. The molecule has 0 radical (unpaired) electrons. The number of nitrogens with one attached hydrogen (secondary N) is 2. The van der Waals surface area contributed by atoms with Crippen LogP contribution < -0.4 is 10.6 Å². The molecule has 0 aliphatic heterocycles. The Bertz CT molecular complexity index is 627. The topological polar surface area (TPSA) is 58.2 Å². The molecule has 116 valence electrons. The maximum absolute atomic E-state index is 12.2. The number of thioether (sulfide) groups is 1. The summed E-state index contributed by atoms with van der Waals surface area (Å²) in [5.41, 5.74) is 0.673. The average molecular weight is 334 g/mol. The van der Waals surface area contributed by atoms with Crippen LogP contribution in [0.2, 0.25) is 0 Å². The van der Waals surface area contributed by atoms with Gasteiger partial charge in [0.15, 0.2) is 0 Å². The normalized spacial score (nSPS) is 10.2. The molecule has 0 unspecified atom stereocenters. The van der Waals surface area contributed by atoms with Crippen LogP contribution in [0.4, 0.5) is 0 Å². The van der Waals surface area contributed by atoms with Crippen molar-refractivity contribution >= 4 is 34.9 Å². The van der Waals surface area contributed by atoms with Crippen molar-refractivity contribution in [2.45, 2.75) is 17.6 Å². The zero-order chi connectivity index (χ0) is 15.8. The van der Waals surface area contributed by atoms with Gasteiger partial charge in [-0.05, 0) is 23.6 Å². The van der Waals surface area contributed by atoms with Crippen LogP contribution in [0.25, 0.3) is 0 Å². The van der Waals surface area contributed by atoms with E-state index in [4.69, 9.17) is 0 Å². The summed E-state index contributed by atoms with van der Waals surface area (Å²) >= 11 is 3.37. The first-order chi connectivity index (χ1) is 10.7. The first-order valence-corrected chi connectivity index (χ1v) is 8.80.